The maximum Gasteiger partial charge on any atom is 0.228 e. The highest BCUT2D eigenvalue weighted by Crippen LogP contribution is 2.35. The number of methoxy groups -OCH3 is 1. The van der Waals surface area contributed by atoms with E-state index in [1.54, 1.807) is 19.4 Å². The summed E-state index contributed by atoms with van der Waals surface area (Å²) in [6.45, 7) is 2.02. The van der Waals surface area contributed by atoms with Gasteiger partial charge in [0.1, 0.15) is 0 Å². The molecule has 2 atom stereocenters. The third kappa shape index (κ3) is 3.51. The number of ether oxygens (including phenoxy) is 1. The van der Waals surface area contributed by atoms with Crippen molar-refractivity contribution in [3.8, 4) is 5.88 Å². The lowest BCUT2D eigenvalue weighted by Gasteiger charge is -2.40. The summed E-state index contributed by atoms with van der Waals surface area (Å²) in [6.07, 6.45) is 8.26. The van der Waals surface area contributed by atoms with Crippen LogP contribution in [0.25, 0.3) is 0 Å². The summed E-state index contributed by atoms with van der Waals surface area (Å²) in [7, 11) is 7.84. The van der Waals surface area contributed by atoms with Gasteiger partial charge >= 0.3 is 0 Å². The number of rotatable bonds is 5. The van der Waals surface area contributed by atoms with Crippen LogP contribution in [0.5, 0.6) is 5.88 Å². The normalized spacial score (nSPS) is 21.7. The molecule has 1 saturated heterocycles. The minimum atomic E-state index is 0.375. The van der Waals surface area contributed by atoms with Crippen molar-refractivity contribution in [1.82, 2.24) is 24.6 Å². The van der Waals surface area contributed by atoms with Crippen molar-refractivity contribution >= 4 is 5.95 Å². The molecule has 3 heterocycles. The third-order valence-corrected chi connectivity index (χ3v) is 4.75. The third-order valence-electron chi connectivity index (χ3n) is 4.75. The second kappa shape index (κ2) is 7.17. The largest absolute Gasteiger partial charge is 0.481 e. The van der Waals surface area contributed by atoms with E-state index >= 15 is 0 Å². The van der Waals surface area contributed by atoms with Gasteiger partial charge in [-0.05, 0) is 32.4 Å². The van der Waals surface area contributed by atoms with Crippen LogP contribution in [-0.2, 0) is 7.05 Å². The van der Waals surface area contributed by atoms with Gasteiger partial charge in [-0.1, -0.05) is 0 Å². The van der Waals surface area contributed by atoms with Gasteiger partial charge in [0, 0.05) is 50.7 Å². The van der Waals surface area contributed by atoms with E-state index in [0.717, 1.165) is 13.1 Å². The summed E-state index contributed by atoms with van der Waals surface area (Å²) < 4.78 is 7.09. The average Bonchev–Trinajstić information content (AvgIpc) is 3.01. The summed E-state index contributed by atoms with van der Waals surface area (Å²) in [5.74, 6) is 1.80. The lowest BCUT2D eigenvalue weighted by atomic mass is 9.86. The molecule has 0 aromatic carbocycles. The van der Waals surface area contributed by atoms with Crippen molar-refractivity contribution in [2.45, 2.75) is 18.9 Å². The molecule has 0 spiro atoms. The highest BCUT2D eigenvalue weighted by atomic mass is 16.5. The van der Waals surface area contributed by atoms with Crippen molar-refractivity contribution in [3.63, 3.8) is 0 Å². The predicted molar refractivity (Wildman–Crippen MR) is 93.2 cm³/mol. The summed E-state index contributed by atoms with van der Waals surface area (Å²) in [5, 5.41) is 4.36. The van der Waals surface area contributed by atoms with E-state index < -0.39 is 0 Å². The molecule has 0 radical (unpaired) electrons. The minimum absolute atomic E-state index is 0.375. The van der Waals surface area contributed by atoms with E-state index in [-0.39, 0.29) is 0 Å². The first-order valence-electron chi connectivity index (χ1n) is 8.35. The summed E-state index contributed by atoms with van der Waals surface area (Å²) >= 11 is 0. The van der Waals surface area contributed by atoms with Crippen LogP contribution in [0.15, 0.2) is 24.7 Å². The summed E-state index contributed by atoms with van der Waals surface area (Å²) in [6, 6.07) is 2.14. The van der Waals surface area contributed by atoms with Crippen LogP contribution < -0.4 is 9.64 Å². The molecule has 0 aliphatic carbocycles. The van der Waals surface area contributed by atoms with E-state index in [0.29, 0.717) is 23.8 Å². The number of nitrogens with zero attached hydrogens (tertiary/aromatic N) is 6. The Labute approximate surface area is 143 Å². The van der Waals surface area contributed by atoms with Gasteiger partial charge in [0.05, 0.1) is 13.3 Å². The molecule has 1 aliphatic rings. The molecule has 7 nitrogen and oxygen atoms in total. The molecule has 2 aromatic heterocycles. The molecule has 3 rings (SSSR count). The minimum Gasteiger partial charge on any atom is -0.481 e. The monoisotopic (exact) mass is 330 g/mol. The standard InChI is InChI=1S/C17H26N6O/c1-21-9-5-6-13(16(21)14-10-19-23(3)12-14)11-22(2)17-18-8-7-15(20-17)24-4/h7-8,10,12-13,16H,5-6,9,11H2,1-4H3/t13-,16+/m0/s1. The van der Waals surface area contributed by atoms with E-state index in [1.807, 2.05) is 25.0 Å². The molecule has 24 heavy (non-hydrogen) atoms. The number of hydrogen-bond acceptors (Lipinski definition) is 6. The summed E-state index contributed by atoms with van der Waals surface area (Å²) in [4.78, 5) is 13.4. The second-order valence-corrected chi connectivity index (χ2v) is 6.55. The van der Waals surface area contributed by atoms with E-state index in [1.165, 1.54) is 18.4 Å². The SMILES string of the molecule is COc1ccnc(N(C)C[C@@H]2CCCN(C)[C@H]2c2cnn(C)c2)n1. The first-order chi connectivity index (χ1) is 11.6. The van der Waals surface area contributed by atoms with Crippen LogP contribution in [0.2, 0.25) is 0 Å². The van der Waals surface area contributed by atoms with Gasteiger partial charge in [-0.2, -0.15) is 10.1 Å². The van der Waals surface area contributed by atoms with Crippen LogP contribution in [-0.4, -0.2) is 58.9 Å². The first-order valence-corrected chi connectivity index (χ1v) is 8.35. The Morgan fingerprint density at radius 1 is 1.38 bits per heavy atom. The van der Waals surface area contributed by atoms with Crippen molar-refractivity contribution in [2.75, 3.05) is 39.2 Å². The number of likely N-dealkylation sites (tertiary alicyclic amines) is 1. The lowest BCUT2D eigenvalue weighted by Crippen LogP contribution is -2.41. The molecule has 0 bridgehead atoms. The number of anilines is 1. The molecule has 2 aromatic rings. The molecule has 0 unspecified atom stereocenters. The molecule has 0 amide bonds. The number of aryl methyl sites for hydroxylation is 1. The van der Waals surface area contributed by atoms with Crippen molar-refractivity contribution < 1.29 is 4.74 Å². The van der Waals surface area contributed by atoms with Crippen LogP contribution in [0.1, 0.15) is 24.4 Å². The Morgan fingerprint density at radius 2 is 2.21 bits per heavy atom. The van der Waals surface area contributed by atoms with Crippen molar-refractivity contribution in [1.29, 1.82) is 0 Å². The Morgan fingerprint density at radius 3 is 2.92 bits per heavy atom. The molecular formula is C17H26N6O. The van der Waals surface area contributed by atoms with Crippen LogP contribution in [0.3, 0.4) is 0 Å². The van der Waals surface area contributed by atoms with Gasteiger partial charge in [-0.15, -0.1) is 0 Å². The maximum atomic E-state index is 5.21. The van der Waals surface area contributed by atoms with Gasteiger partial charge in [-0.25, -0.2) is 4.98 Å². The predicted octanol–water partition coefficient (Wildman–Crippen LogP) is 1.74. The second-order valence-electron chi connectivity index (χ2n) is 6.55. The zero-order chi connectivity index (χ0) is 17.1. The quantitative estimate of drug-likeness (QED) is 0.832. The van der Waals surface area contributed by atoms with Gasteiger partial charge in [-0.3, -0.25) is 9.58 Å². The van der Waals surface area contributed by atoms with E-state index in [4.69, 9.17) is 4.74 Å². The van der Waals surface area contributed by atoms with Crippen LogP contribution in [0.4, 0.5) is 5.95 Å². The maximum absolute atomic E-state index is 5.21. The van der Waals surface area contributed by atoms with Gasteiger partial charge in [0.15, 0.2) is 0 Å². The average molecular weight is 330 g/mol. The van der Waals surface area contributed by atoms with E-state index in [9.17, 15) is 0 Å². The van der Waals surface area contributed by atoms with Crippen molar-refractivity contribution in [2.24, 2.45) is 13.0 Å². The Balaban J connectivity index is 1.78. The van der Waals surface area contributed by atoms with Crippen LogP contribution in [0, 0.1) is 5.92 Å². The molecule has 0 N–H and O–H groups in total. The van der Waals surface area contributed by atoms with Gasteiger partial charge in [0.25, 0.3) is 0 Å². The van der Waals surface area contributed by atoms with E-state index in [2.05, 4.69) is 38.1 Å². The molecule has 1 aliphatic heterocycles. The molecule has 7 heteroatoms. The molecule has 0 saturated carbocycles. The fraction of sp³-hybridized carbons (Fsp3) is 0.588. The topological polar surface area (TPSA) is 59.3 Å². The first kappa shape index (κ1) is 16.7. The highest BCUT2D eigenvalue weighted by Gasteiger charge is 2.32. The number of aromatic nitrogens is 4. The zero-order valence-corrected chi connectivity index (χ0v) is 14.9. The smallest absolute Gasteiger partial charge is 0.228 e. The number of piperidine rings is 1. The van der Waals surface area contributed by atoms with Gasteiger partial charge < -0.3 is 9.64 Å². The molecule has 130 valence electrons. The highest BCUT2D eigenvalue weighted by molar-refractivity contribution is 5.31. The fourth-order valence-corrected chi connectivity index (χ4v) is 3.63. The Bertz CT molecular complexity index is 673. The lowest BCUT2D eigenvalue weighted by molar-refractivity contribution is 0.124. The fourth-order valence-electron chi connectivity index (χ4n) is 3.63. The Kier molecular flexibility index (Phi) is 4.99. The Hall–Kier alpha value is -2.15. The molecule has 1 fully saturated rings. The zero-order valence-electron chi connectivity index (χ0n) is 14.9. The number of hydrogen-bond donors (Lipinski definition) is 0. The van der Waals surface area contributed by atoms with Crippen molar-refractivity contribution in [3.05, 3.63) is 30.2 Å². The van der Waals surface area contributed by atoms with Gasteiger partial charge in [0.2, 0.25) is 11.8 Å². The molecular weight excluding hydrogens is 304 g/mol. The van der Waals surface area contributed by atoms with Crippen LogP contribution >= 0.6 is 0 Å². The summed E-state index contributed by atoms with van der Waals surface area (Å²) in [5.41, 5.74) is 1.28.